The number of hydrogen-bond donors (Lipinski definition) is 4. The fraction of sp³-hybridized carbons (Fsp3) is 0.545. The molecule has 2 fully saturated rings. The monoisotopic (exact) mass is 457 g/mol. The van der Waals surface area contributed by atoms with Crippen LogP contribution in [0.3, 0.4) is 0 Å². The first kappa shape index (κ1) is 22.3. The molecule has 3 aromatic rings. The molecule has 3 unspecified atom stereocenters. The molecule has 2 saturated carbocycles. The molecule has 3 heterocycles. The van der Waals surface area contributed by atoms with Gasteiger partial charge in [-0.2, -0.15) is 10.1 Å². The third kappa shape index (κ3) is 5.48. The summed E-state index contributed by atoms with van der Waals surface area (Å²) in [5.74, 6) is 4.04. The number of nitrogens with one attached hydrogen (secondary N) is 3. The van der Waals surface area contributed by atoms with Crippen LogP contribution in [-0.4, -0.2) is 37.9 Å². The lowest BCUT2D eigenvalue weighted by Crippen LogP contribution is -2.27. The van der Waals surface area contributed by atoms with Crippen LogP contribution in [0.15, 0.2) is 17.5 Å². The Hall–Kier alpha value is -2.88. The van der Waals surface area contributed by atoms with Crippen molar-refractivity contribution in [3.8, 4) is 0 Å². The second-order valence-electron chi connectivity index (χ2n) is 9.55. The summed E-state index contributed by atoms with van der Waals surface area (Å²) >= 11 is 1.65. The van der Waals surface area contributed by atoms with Crippen molar-refractivity contribution in [2.45, 2.75) is 65.0 Å². The van der Waals surface area contributed by atoms with Crippen molar-refractivity contribution in [3.05, 3.63) is 23.2 Å². The summed E-state index contributed by atoms with van der Waals surface area (Å²) in [6, 6.07) is 4.56. The van der Waals surface area contributed by atoms with Gasteiger partial charge in [0.25, 0.3) is 0 Å². The highest BCUT2D eigenvalue weighted by atomic mass is 32.1. The van der Waals surface area contributed by atoms with Gasteiger partial charge in [-0.1, -0.05) is 6.42 Å². The molecule has 2 aliphatic rings. The average molecular weight is 458 g/mol. The molecule has 3 atom stereocenters. The number of H-pyrrole nitrogens is 1. The van der Waals surface area contributed by atoms with Crippen LogP contribution in [0.5, 0.6) is 0 Å². The van der Waals surface area contributed by atoms with Crippen LogP contribution in [0, 0.1) is 18.8 Å². The summed E-state index contributed by atoms with van der Waals surface area (Å²) in [7, 11) is 0. The summed E-state index contributed by atoms with van der Waals surface area (Å²) in [6.07, 6.45) is 4.66. The van der Waals surface area contributed by atoms with Gasteiger partial charge in [-0.05, 0) is 70.2 Å². The Bertz CT molecular complexity index is 1090. The van der Waals surface area contributed by atoms with Crippen LogP contribution >= 0.6 is 11.3 Å². The van der Waals surface area contributed by atoms with Crippen molar-refractivity contribution in [1.29, 1.82) is 0 Å². The largest absolute Gasteiger partial charge is 0.444 e. The lowest BCUT2D eigenvalue weighted by Gasteiger charge is -2.23. The molecule has 5 rings (SSSR count). The molecule has 0 aromatic carbocycles. The number of hydrogen-bond acceptors (Lipinski definition) is 8. The fourth-order valence-electron chi connectivity index (χ4n) is 4.51. The van der Waals surface area contributed by atoms with E-state index < -0.39 is 11.7 Å². The predicted octanol–water partition coefficient (Wildman–Crippen LogP) is 4.95. The van der Waals surface area contributed by atoms with Gasteiger partial charge in [-0.15, -0.1) is 11.3 Å². The molecular formula is C22H31N7O2S. The number of aryl methyl sites for hydroxylation is 1. The molecule has 2 bridgehead atoms. The minimum atomic E-state index is -0.725. The molecular weight excluding hydrogens is 426 g/mol. The number of rotatable bonds is 4. The fourth-order valence-corrected chi connectivity index (χ4v) is 5.28. The molecule has 0 saturated heterocycles. The minimum absolute atomic E-state index is 0.453. The number of primary amides is 1. The Morgan fingerprint density at radius 1 is 1.28 bits per heavy atom. The van der Waals surface area contributed by atoms with Crippen LogP contribution in [-0.2, 0) is 4.74 Å². The number of nitrogens with zero attached hydrogens (tertiary/aromatic N) is 3. The summed E-state index contributed by atoms with van der Waals surface area (Å²) < 4.78 is 5.64. The standard InChI is InChI=1S/C17H20N6S.C5H11NO2/c1-9-6-14(23-22-9)20-16-15-12(4-5-24-15)18-17(21-16)19-13-8-10-2-3-11(13)7-10;1-5(2,3)8-4(6)7/h4-6,10-11,13H,2-3,7-8H2,1H3,(H3,18,19,20,21,22,23);1-3H3,(H2,6,7). The number of ether oxygens (including phenoxy) is 1. The average Bonchev–Trinajstić information content (AvgIpc) is 3.45. The van der Waals surface area contributed by atoms with Crippen molar-refractivity contribution < 1.29 is 9.53 Å². The SMILES string of the molecule is CC(C)(C)OC(N)=O.Cc1cc(Nc2nc(NC3CC4CCC3C4)nc3ccsc23)n[nH]1. The quantitative estimate of drug-likeness (QED) is 0.436. The van der Waals surface area contributed by atoms with E-state index in [9.17, 15) is 4.79 Å². The zero-order valence-electron chi connectivity index (χ0n) is 18.9. The van der Waals surface area contributed by atoms with E-state index in [1.165, 1.54) is 25.7 Å². The van der Waals surface area contributed by atoms with Gasteiger partial charge in [0.15, 0.2) is 11.6 Å². The summed E-state index contributed by atoms with van der Waals surface area (Å²) in [5.41, 5.74) is 6.27. The topological polar surface area (TPSA) is 131 Å². The van der Waals surface area contributed by atoms with E-state index in [2.05, 4.69) is 37.0 Å². The van der Waals surface area contributed by atoms with Crippen molar-refractivity contribution in [2.75, 3.05) is 10.6 Å². The van der Waals surface area contributed by atoms with E-state index in [-0.39, 0.29) is 0 Å². The second-order valence-corrected chi connectivity index (χ2v) is 10.5. The Morgan fingerprint density at radius 3 is 2.66 bits per heavy atom. The molecule has 1 amide bonds. The smallest absolute Gasteiger partial charge is 0.405 e. The first-order chi connectivity index (χ1) is 15.2. The maximum Gasteiger partial charge on any atom is 0.405 e. The maximum atomic E-state index is 10.0. The van der Waals surface area contributed by atoms with Crippen molar-refractivity contribution in [1.82, 2.24) is 20.2 Å². The van der Waals surface area contributed by atoms with Gasteiger partial charge in [0.2, 0.25) is 5.95 Å². The number of thiophene rings is 1. The van der Waals surface area contributed by atoms with Gasteiger partial charge in [-0.25, -0.2) is 9.78 Å². The normalized spacial score (nSPS) is 21.8. The highest BCUT2D eigenvalue weighted by molar-refractivity contribution is 7.17. The number of fused-ring (bicyclic) bond motifs is 3. The maximum absolute atomic E-state index is 10.0. The summed E-state index contributed by atoms with van der Waals surface area (Å²) in [6.45, 7) is 7.27. The van der Waals surface area contributed by atoms with E-state index in [1.54, 1.807) is 32.1 Å². The number of amides is 1. The van der Waals surface area contributed by atoms with Crippen LogP contribution in [0.1, 0.15) is 52.1 Å². The molecule has 172 valence electrons. The van der Waals surface area contributed by atoms with Crippen molar-refractivity contribution in [2.24, 2.45) is 17.6 Å². The van der Waals surface area contributed by atoms with Crippen molar-refractivity contribution in [3.63, 3.8) is 0 Å². The third-order valence-electron chi connectivity index (χ3n) is 5.72. The number of aromatic nitrogens is 4. The van der Waals surface area contributed by atoms with E-state index >= 15 is 0 Å². The van der Waals surface area contributed by atoms with E-state index in [1.807, 2.05) is 13.0 Å². The van der Waals surface area contributed by atoms with Crippen molar-refractivity contribution >= 4 is 45.2 Å². The molecule has 0 radical (unpaired) electrons. The third-order valence-corrected chi connectivity index (χ3v) is 6.63. The van der Waals surface area contributed by atoms with Crippen LogP contribution < -0.4 is 16.4 Å². The first-order valence-electron chi connectivity index (χ1n) is 11.0. The highest BCUT2D eigenvalue weighted by Gasteiger charge is 2.39. The van der Waals surface area contributed by atoms with Gasteiger partial charge >= 0.3 is 6.09 Å². The molecule has 2 aliphatic carbocycles. The molecule has 32 heavy (non-hydrogen) atoms. The lowest BCUT2D eigenvalue weighted by atomic mass is 9.95. The Morgan fingerprint density at radius 2 is 2.09 bits per heavy atom. The molecule has 0 spiro atoms. The predicted molar refractivity (Wildman–Crippen MR) is 127 cm³/mol. The van der Waals surface area contributed by atoms with E-state index in [4.69, 9.17) is 15.7 Å². The van der Waals surface area contributed by atoms with Gasteiger partial charge in [-0.3, -0.25) is 5.10 Å². The zero-order valence-corrected chi connectivity index (χ0v) is 19.8. The zero-order chi connectivity index (χ0) is 22.9. The van der Waals surface area contributed by atoms with E-state index in [0.29, 0.717) is 6.04 Å². The van der Waals surface area contributed by atoms with Gasteiger partial charge in [0.05, 0.1) is 10.2 Å². The molecule has 9 nitrogen and oxygen atoms in total. The van der Waals surface area contributed by atoms with Crippen LogP contribution in [0.4, 0.5) is 22.4 Å². The number of nitrogens with two attached hydrogens (primary N) is 1. The first-order valence-corrected chi connectivity index (χ1v) is 11.8. The van der Waals surface area contributed by atoms with Gasteiger partial charge < -0.3 is 21.1 Å². The minimum Gasteiger partial charge on any atom is -0.444 e. The van der Waals surface area contributed by atoms with E-state index in [0.717, 1.165) is 45.3 Å². The number of anilines is 3. The Kier molecular flexibility index (Phi) is 6.23. The summed E-state index contributed by atoms with van der Waals surface area (Å²) in [5, 5.41) is 16.2. The lowest BCUT2D eigenvalue weighted by molar-refractivity contribution is 0.0600. The van der Waals surface area contributed by atoms with Crippen LogP contribution in [0.2, 0.25) is 0 Å². The number of aromatic amines is 1. The highest BCUT2D eigenvalue weighted by Crippen LogP contribution is 2.45. The van der Waals surface area contributed by atoms with Gasteiger partial charge in [0, 0.05) is 17.8 Å². The molecule has 5 N–H and O–H groups in total. The Labute approximate surface area is 191 Å². The number of carbonyl (C=O) groups is 1. The Balaban J connectivity index is 0.000000265. The number of carbonyl (C=O) groups excluding carboxylic acids is 1. The molecule has 3 aromatic heterocycles. The van der Waals surface area contributed by atoms with Gasteiger partial charge in [0.1, 0.15) is 5.60 Å². The molecule has 10 heteroatoms. The second kappa shape index (κ2) is 8.93. The summed E-state index contributed by atoms with van der Waals surface area (Å²) in [4.78, 5) is 19.5. The van der Waals surface area contributed by atoms with Crippen LogP contribution in [0.25, 0.3) is 10.2 Å². The molecule has 0 aliphatic heterocycles.